The summed E-state index contributed by atoms with van der Waals surface area (Å²) in [4.78, 5) is 12.0. The van der Waals surface area contributed by atoms with Crippen LogP contribution in [0.1, 0.15) is 27.0 Å². The molecule has 0 aliphatic carbocycles. The van der Waals surface area contributed by atoms with Crippen molar-refractivity contribution in [2.75, 3.05) is 0 Å². The first-order valence-electron chi connectivity index (χ1n) is 6.78. The molecule has 2 aromatic carbocycles. The fourth-order valence-electron chi connectivity index (χ4n) is 2.06. The average molecular weight is 283 g/mol. The second-order valence-electron chi connectivity index (χ2n) is 5.11. The number of nitrogens with one attached hydrogen (secondary N) is 1. The predicted octanol–water partition coefficient (Wildman–Crippen LogP) is 0.913. The fourth-order valence-corrected chi connectivity index (χ4v) is 2.06. The van der Waals surface area contributed by atoms with E-state index in [1.807, 2.05) is 26.0 Å². The lowest BCUT2D eigenvalue weighted by Crippen LogP contribution is -2.30. The van der Waals surface area contributed by atoms with Gasteiger partial charge in [0.25, 0.3) is 5.91 Å². The number of hydrogen-bond donors (Lipinski definition) is 3. The van der Waals surface area contributed by atoms with Crippen molar-refractivity contribution in [1.82, 2.24) is 5.32 Å². The smallest absolute Gasteiger partial charge is 0.423 e. The van der Waals surface area contributed by atoms with E-state index in [1.165, 1.54) is 0 Å². The lowest BCUT2D eigenvalue weighted by Gasteiger charge is -2.10. The van der Waals surface area contributed by atoms with E-state index in [0.717, 1.165) is 16.7 Å². The molecule has 0 radical (unpaired) electrons. The maximum atomic E-state index is 12.0. The molecule has 0 fully saturated rings. The highest BCUT2D eigenvalue weighted by Crippen LogP contribution is 2.07. The van der Waals surface area contributed by atoms with Crippen LogP contribution in [0.3, 0.4) is 0 Å². The molecular formula is C16H18BNO3. The Labute approximate surface area is 124 Å². The number of amides is 1. The van der Waals surface area contributed by atoms with E-state index in [4.69, 9.17) is 10.0 Å². The minimum atomic E-state index is -1.47. The van der Waals surface area contributed by atoms with Gasteiger partial charge in [-0.1, -0.05) is 35.9 Å². The number of carbonyl (C=O) groups is 1. The average Bonchev–Trinajstić information content (AvgIpc) is 2.46. The first-order valence-corrected chi connectivity index (χ1v) is 6.78. The predicted molar refractivity (Wildman–Crippen MR) is 83.4 cm³/mol. The van der Waals surface area contributed by atoms with Crippen LogP contribution in [0.2, 0.25) is 0 Å². The highest BCUT2D eigenvalue weighted by Gasteiger charge is 2.12. The minimum Gasteiger partial charge on any atom is -0.423 e. The van der Waals surface area contributed by atoms with Crippen LogP contribution in [0, 0.1) is 13.8 Å². The molecule has 0 unspecified atom stereocenters. The topological polar surface area (TPSA) is 69.6 Å². The van der Waals surface area contributed by atoms with Crippen LogP contribution in [0.25, 0.3) is 0 Å². The van der Waals surface area contributed by atoms with E-state index in [-0.39, 0.29) is 5.91 Å². The van der Waals surface area contributed by atoms with E-state index in [1.54, 1.807) is 30.3 Å². The highest BCUT2D eigenvalue weighted by molar-refractivity contribution is 6.58. The van der Waals surface area contributed by atoms with Gasteiger partial charge in [0.15, 0.2) is 0 Å². The summed E-state index contributed by atoms with van der Waals surface area (Å²) in [6.07, 6.45) is 0. The summed E-state index contributed by atoms with van der Waals surface area (Å²) in [6, 6.07) is 12.5. The first kappa shape index (κ1) is 15.3. The van der Waals surface area contributed by atoms with Crippen LogP contribution >= 0.6 is 0 Å². The fraction of sp³-hybridized carbons (Fsp3) is 0.188. The third kappa shape index (κ3) is 3.94. The van der Waals surface area contributed by atoms with Crippen LogP contribution in [0.5, 0.6) is 0 Å². The number of carbonyl (C=O) groups excluding carboxylic acids is 1. The minimum absolute atomic E-state index is 0.124. The van der Waals surface area contributed by atoms with E-state index in [2.05, 4.69) is 5.32 Å². The van der Waals surface area contributed by atoms with Gasteiger partial charge in [-0.2, -0.15) is 0 Å². The molecule has 108 valence electrons. The van der Waals surface area contributed by atoms with Gasteiger partial charge in [0, 0.05) is 12.1 Å². The zero-order chi connectivity index (χ0) is 15.4. The maximum absolute atomic E-state index is 12.0. The quantitative estimate of drug-likeness (QED) is 0.731. The molecule has 0 spiro atoms. The Hall–Kier alpha value is -2.11. The van der Waals surface area contributed by atoms with Crippen LogP contribution in [-0.2, 0) is 6.54 Å². The van der Waals surface area contributed by atoms with Crippen molar-refractivity contribution in [3.05, 3.63) is 64.7 Å². The second-order valence-corrected chi connectivity index (χ2v) is 5.11. The normalized spacial score (nSPS) is 10.3. The highest BCUT2D eigenvalue weighted by atomic mass is 16.4. The number of benzene rings is 2. The van der Waals surface area contributed by atoms with Crippen molar-refractivity contribution < 1.29 is 14.8 Å². The number of rotatable bonds is 4. The molecule has 21 heavy (non-hydrogen) atoms. The van der Waals surface area contributed by atoms with Gasteiger partial charge >= 0.3 is 7.12 Å². The van der Waals surface area contributed by atoms with Crippen LogP contribution in [0.15, 0.2) is 42.5 Å². The van der Waals surface area contributed by atoms with Crippen molar-refractivity contribution in [1.29, 1.82) is 0 Å². The van der Waals surface area contributed by atoms with Gasteiger partial charge in [-0.05, 0) is 42.6 Å². The summed E-state index contributed by atoms with van der Waals surface area (Å²) >= 11 is 0. The lowest BCUT2D eigenvalue weighted by atomic mass is 9.79. The number of hydrogen-bond acceptors (Lipinski definition) is 3. The second kappa shape index (κ2) is 6.56. The summed E-state index contributed by atoms with van der Waals surface area (Å²) in [5.74, 6) is -0.124. The molecule has 2 aromatic rings. The SMILES string of the molecule is Cc1ccc(C(=O)NCc2ccc(B(O)O)cc2C)cc1. The molecule has 2 rings (SSSR count). The lowest BCUT2D eigenvalue weighted by molar-refractivity contribution is 0.0951. The molecule has 0 bridgehead atoms. The van der Waals surface area contributed by atoms with Crippen LogP contribution < -0.4 is 10.8 Å². The summed E-state index contributed by atoms with van der Waals surface area (Å²) in [7, 11) is -1.47. The molecule has 4 nitrogen and oxygen atoms in total. The van der Waals surface area contributed by atoms with Gasteiger partial charge in [-0.3, -0.25) is 4.79 Å². The van der Waals surface area contributed by atoms with E-state index in [0.29, 0.717) is 17.6 Å². The van der Waals surface area contributed by atoms with Crippen molar-refractivity contribution in [3.63, 3.8) is 0 Å². The van der Waals surface area contributed by atoms with Crippen molar-refractivity contribution >= 4 is 18.5 Å². The first-order chi connectivity index (χ1) is 9.97. The molecule has 1 amide bonds. The Morgan fingerprint density at radius 2 is 1.76 bits per heavy atom. The molecule has 0 atom stereocenters. The molecule has 5 heteroatoms. The monoisotopic (exact) mass is 283 g/mol. The van der Waals surface area contributed by atoms with Crippen molar-refractivity contribution in [2.45, 2.75) is 20.4 Å². The molecule has 3 N–H and O–H groups in total. The molecule has 0 saturated carbocycles. The summed E-state index contributed by atoms with van der Waals surface area (Å²) < 4.78 is 0. The number of aryl methyl sites for hydroxylation is 2. The van der Waals surface area contributed by atoms with Gasteiger partial charge in [0.1, 0.15) is 0 Å². The summed E-state index contributed by atoms with van der Waals surface area (Å²) in [6.45, 7) is 4.25. The Morgan fingerprint density at radius 3 is 2.33 bits per heavy atom. The molecule has 0 heterocycles. The summed E-state index contributed by atoms with van der Waals surface area (Å²) in [5, 5.41) is 21.1. The Bertz CT molecular complexity index is 638. The van der Waals surface area contributed by atoms with E-state index < -0.39 is 7.12 Å². The van der Waals surface area contributed by atoms with Crippen LogP contribution in [-0.4, -0.2) is 23.1 Å². The Morgan fingerprint density at radius 1 is 1.10 bits per heavy atom. The van der Waals surface area contributed by atoms with Gasteiger partial charge < -0.3 is 15.4 Å². The Balaban J connectivity index is 2.02. The van der Waals surface area contributed by atoms with Gasteiger partial charge in [-0.25, -0.2) is 0 Å². The van der Waals surface area contributed by atoms with Gasteiger partial charge in [0.05, 0.1) is 0 Å². The van der Waals surface area contributed by atoms with Gasteiger partial charge in [-0.15, -0.1) is 0 Å². The van der Waals surface area contributed by atoms with E-state index >= 15 is 0 Å². The molecular weight excluding hydrogens is 265 g/mol. The van der Waals surface area contributed by atoms with E-state index in [9.17, 15) is 4.79 Å². The zero-order valence-corrected chi connectivity index (χ0v) is 12.1. The molecule has 0 aliphatic heterocycles. The molecule has 0 aromatic heterocycles. The van der Waals surface area contributed by atoms with Crippen molar-refractivity contribution in [2.24, 2.45) is 0 Å². The van der Waals surface area contributed by atoms with Gasteiger partial charge in [0.2, 0.25) is 0 Å². The largest absolute Gasteiger partial charge is 0.488 e. The third-order valence-electron chi connectivity index (χ3n) is 3.42. The maximum Gasteiger partial charge on any atom is 0.488 e. The molecule has 0 saturated heterocycles. The molecule has 0 aliphatic rings. The zero-order valence-electron chi connectivity index (χ0n) is 12.1. The Kier molecular flexibility index (Phi) is 4.78. The standard InChI is InChI=1S/C16H18BNO3/c1-11-3-5-13(6-4-11)16(19)18-10-14-7-8-15(17(20)21)9-12(14)2/h3-9,20-21H,10H2,1-2H3,(H,18,19). The van der Waals surface area contributed by atoms with Crippen molar-refractivity contribution in [3.8, 4) is 0 Å². The summed E-state index contributed by atoms with van der Waals surface area (Å²) in [5.41, 5.74) is 4.03. The third-order valence-corrected chi connectivity index (χ3v) is 3.42. The van der Waals surface area contributed by atoms with Crippen LogP contribution in [0.4, 0.5) is 0 Å².